The number of furan rings is 1. The number of ether oxygens (including phenoxy) is 2. The maximum atomic E-state index is 10.3. The van der Waals surface area contributed by atoms with E-state index >= 15 is 0 Å². The Morgan fingerprint density at radius 3 is 2.63 bits per heavy atom. The smallest absolute Gasteiger partial charge is 0.161 e. The van der Waals surface area contributed by atoms with E-state index in [9.17, 15) is 5.11 Å². The van der Waals surface area contributed by atoms with Gasteiger partial charge in [-0.2, -0.15) is 0 Å². The molecule has 1 aliphatic rings. The van der Waals surface area contributed by atoms with Crippen LogP contribution < -0.4 is 9.47 Å². The van der Waals surface area contributed by atoms with Crippen LogP contribution in [0.5, 0.6) is 11.5 Å². The number of hydrogen-bond donors (Lipinski definition) is 1. The van der Waals surface area contributed by atoms with Crippen LogP contribution in [-0.4, -0.2) is 18.3 Å². The van der Waals surface area contributed by atoms with E-state index in [-0.39, 0.29) is 0 Å². The van der Waals surface area contributed by atoms with Crippen molar-refractivity contribution in [3.63, 3.8) is 0 Å². The summed E-state index contributed by atoms with van der Waals surface area (Å²) in [6, 6.07) is 7.31. The van der Waals surface area contributed by atoms with Gasteiger partial charge in [-0.3, -0.25) is 0 Å². The van der Waals surface area contributed by atoms with Gasteiger partial charge in [-0.25, -0.2) is 0 Å². The summed E-state index contributed by atoms with van der Waals surface area (Å²) in [5.74, 6) is 1.97. The van der Waals surface area contributed by atoms with Gasteiger partial charge < -0.3 is 19.0 Å². The highest BCUT2D eigenvalue weighted by molar-refractivity contribution is 5.45. The van der Waals surface area contributed by atoms with Gasteiger partial charge in [-0.1, -0.05) is 6.07 Å². The van der Waals surface area contributed by atoms with E-state index in [2.05, 4.69) is 0 Å². The topological polar surface area (TPSA) is 51.8 Å². The second-order valence-electron chi connectivity index (χ2n) is 4.63. The molecule has 0 bridgehead atoms. The Bertz CT molecular complexity index is 573. The molecule has 100 valence electrons. The number of aliphatic hydroxyl groups is 1. The lowest BCUT2D eigenvalue weighted by Crippen LogP contribution is -2.01. The minimum absolute atomic E-state index is 0.564. The van der Waals surface area contributed by atoms with Gasteiger partial charge in [-0.05, 0) is 36.2 Å². The third kappa shape index (κ3) is 2.31. The van der Waals surface area contributed by atoms with Crippen LogP contribution in [0.15, 0.2) is 34.9 Å². The van der Waals surface area contributed by atoms with Crippen LogP contribution in [0.1, 0.15) is 29.4 Å². The Hall–Kier alpha value is -1.94. The molecule has 2 aromatic rings. The van der Waals surface area contributed by atoms with Gasteiger partial charge >= 0.3 is 0 Å². The van der Waals surface area contributed by atoms with Gasteiger partial charge in [0.2, 0.25) is 0 Å². The lowest BCUT2D eigenvalue weighted by Gasteiger charge is -2.13. The molecule has 1 atom stereocenters. The molecular weight excluding hydrogens is 244 g/mol. The van der Waals surface area contributed by atoms with E-state index in [1.807, 2.05) is 31.2 Å². The highest BCUT2D eigenvalue weighted by atomic mass is 16.5. The Morgan fingerprint density at radius 2 is 1.89 bits per heavy atom. The molecule has 1 aromatic heterocycles. The number of aliphatic hydroxyl groups excluding tert-OH is 1. The zero-order chi connectivity index (χ0) is 13.2. The number of rotatable bonds is 2. The molecule has 1 aromatic carbocycles. The van der Waals surface area contributed by atoms with Crippen molar-refractivity contribution < 1.29 is 19.0 Å². The van der Waals surface area contributed by atoms with Gasteiger partial charge in [0, 0.05) is 6.42 Å². The lowest BCUT2D eigenvalue weighted by molar-refractivity contribution is 0.187. The maximum Gasteiger partial charge on any atom is 0.161 e. The molecule has 0 fully saturated rings. The van der Waals surface area contributed by atoms with E-state index in [0.717, 1.165) is 23.3 Å². The molecule has 1 unspecified atom stereocenters. The fourth-order valence-corrected chi connectivity index (χ4v) is 2.17. The zero-order valence-corrected chi connectivity index (χ0v) is 10.8. The van der Waals surface area contributed by atoms with Crippen LogP contribution >= 0.6 is 0 Å². The van der Waals surface area contributed by atoms with Crippen LogP contribution in [0.25, 0.3) is 0 Å². The molecule has 0 aliphatic carbocycles. The summed E-state index contributed by atoms with van der Waals surface area (Å²) in [4.78, 5) is 0. The summed E-state index contributed by atoms with van der Waals surface area (Å²) in [6.07, 6.45) is 1.66. The SMILES string of the molecule is Cc1ccoc1C(O)c1ccc2c(c1)OCCCO2. The second kappa shape index (κ2) is 4.97. The summed E-state index contributed by atoms with van der Waals surface area (Å²) in [6.45, 7) is 3.20. The zero-order valence-electron chi connectivity index (χ0n) is 10.8. The Labute approximate surface area is 111 Å². The monoisotopic (exact) mass is 260 g/mol. The molecule has 1 N–H and O–H groups in total. The predicted molar refractivity (Wildman–Crippen MR) is 69.6 cm³/mol. The summed E-state index contributed by atoms with van der Waals surface area (Å²) < 4.78 is 16.5. The van der Waals surface area contributed by atoms with Crippen molar-refractivity contribution in [3.05, 3.63) is 47.4 Å². The Kier molecular flexibility index (Phi) is 3.17. The molecule has 4 heteroatoms. The molecule has 0 saturated carbocycles. The molecule has 2 heterocycles. The number of hydrogen-bond acceptors (Lipinski definition) is 4. The molecular formula is C15H16O4. The minimum atomic E-state index is -0.785. The molecule has 0 saturated heterocycles. The van der Waals surface area contributed by atoms with Crippen molar-refractivity contribution in [2.75, 3.05) is 13.2 Å². The summed E-state index contributed by atoms with van der Waals surface area (Å²) >= 11 is 0. The molecule has 0 amide bonds. The van der Waals surface area contributed by atoms with Gasteiger partial charge in [0.05, 0.1) is 19.5 Å². The Morgan fingerprint density at radius 1 is 1.11 bits per heavy atom. The number of benzene rings is 1. The van der Waals surface area contributed by atoms with E-state index in [0.29, 0.717) is 24.7 Å². The maximum absolute atomic E-state index is 10.3. The number of aryl methyl sites for hydroxylation is 1. The van der Waals surface area contributed by atoms with Crippen LogP contribution in [-0.2, 0) is 0 Å². The first-order chi connectivity index (χ1) is 9.25. The largest absolute Gasteiger partial charge is 0.490 e. The van der Waals surface area contributed by atoms with Gasteiger partial charge in [-0.15, -0.1) is 0 Å². The van der Waals surface area contributed by atoms with E-state index < -0.39 is 6.10 Å². The van der Waals surface area contributed by atoms with Gasteiger partial charge in [0.1, 0.15) is 11.9 Å². The molecule has 0 radical (unpaired) electrons. The Balaban J connectivity index is 1.93. The molecule has 1 aliphatic heterocycles. The van der Waals surface area contributed by atoms with Crippen LogP contribution in [0, 0.1) is 6.92 Å². The quantitative estimate of drug-likeness (QED) is 0.902. The fraction of sp³-hybridized carbons (Fsp3) is 0.333. The van der Waals surface area contributed by atoms with Crippen LogP contribution in [0.2, 0.25) is 0 Å². The van der Waals surface area contributed by atoms with Crippen molar-refractivity contribution in [3.8, 4) is 11.5 Å². The standard InChI is InChI=1S/C15H16O4/c1-10-5-8-19-15(10)14(16)11-3-4-12-13(9-11)18-7-2-6-17-12/h3-5,8-9,14,16H,2,6-7H2,1H3. The first-order valence-electron chi connectivity index (χ1n) is 6.37. The van der Waals surface area contributed by atoms with Gasteiger partial charge in [0.15, 0.2) is 11.5 Å². The molecule has 19 heavy (non-hydrogen) atoms. The van der Waals surface area contributed by atoms with Gasteiger partial charge in [0.25, 0.3) is 0 Å². The summed E-state index contributed by atoms with van der Waals surface area (Å²) in [5.41, 5.74) is 1.67. The fourth-order valence-electron chi connectivity index (χ4n) is 2.17. The molecule has 4 nitrogen and oxygen atoms in total. The van der Waals surface area contributed by atoms with Crippen molar-refractivity contribution in [1.29, 1.82) is 0 Å². The minimum Gasteiger partial charge on any atom is -0.490 e. The summed E-state index contributed by atoms with van der Waals surface area (Å²) in [7, 11) is 0. The molecule has 3 rings (SSSR count). The highest BCUT2D eigenvalue weighted by Gasteiger charge is 2.19. The third-order valence-electron chi connectivity index (χ3n) is 3.24. The van der Waals surface area contributed by atoms with Crippen LogP contribution in [0.4, 0.5) is 0 Å². The normalized spacial score (nSPS) is 15.9. The highest BCUT2D eigenvalue weighted by Crippen LogP contribution is 2.34. The van der Waals surface area contributed by atoms with Crippen LogP contribution in [0.3, 0.4) is 0 Å². The molecule has 0 spiro atoms. The number of fused-ring (bicyclic) bond motifs is 1. The third-order valence-corrected chi connectivity index (χ3v) is 3.24. The van der Waals surface area contributed by atoms with Crippen molar-refractivity contribution in [2.24, 2.45) is 0 Å². The summed E-state index contributed by atoms with van der Waals surface area (Å²) in [5, 5.41) is 10.3. The lowest BCUT2D eigenvalue weighted by atomic mass is 10.0. The first kappa shape index (κ1) is 12.1. The van der Waals surface area contributed by atoms with Crippen molar-refractivity contribution in [1.82, 2.24) is 0 Å². The average molecular weight is 260 g/mol. The van der Waals surface area contributed by atoms with Crippen molar-refractivity contribution >= 4 is 0 Å². The predicted octanol–water partition coefficient (Wildman–Crippen LogP) is 2.83. The first-order valence-corrected chi connectivity index (χ1v) is 6.37. The average Bonchev–Trinajstić information content (AvgIpc) is 2.72. The van der Waals surface area contributed by atoms with E-state index in [1.54, 1.807) is 6.26 Å². The second-order valence-corrected chi connectivity index (χ2v) is 4.63. The van der Waals surface area contributed by atoms with Crippen molar-refractivity contribution in [2.45, 2.75) is 19.4 Å². The van der Waals surface area contributed by atoms with E-state index in [4.69, 9.17) is 13.9 Å². The van der Waals surface area contributed by atoms with E-state index in [1.165, 1.54) is 0 Å².